The molecule has 0 aliphatic heterocycles. The third-order valence-electron chi connectivity index (χ3n) is 5.57. The highest BCUT2D eigenvalue weighted by atomic mass is 32.2. The summed E-state index contributed by atoms with van der Waals surface area (Å²) in [6.45, 7) is 3.02. The molecule has 0 saturated heterocycles. The van der Waals surface area contributed by atoms with Gasteiger partial charge in [-0.15, -0.1) is 0 Å². The van der Waals surface area contributed by atoms with E-state index in [1.807, 2.05) is 6.07 Å². The van der Waals surface area contributed by atoms with E-state index in [0.717, 1.165) is 54.4 Å². The molecule has 30 heavy (non-hydrogen) atoms. The Morgan fingerprint density at radius 3 is 2.80 bits per heavy atom. The van der Waals surface area contributed by atoms with E-state index >= 15 is 0 Å². The molecule has 162 valence electrons. The second-order valence-corrected chi connectivity index (χ2v) is 11.0. The minimum Gasteiger partial charge on any atom is -0.361 e. The summed E-state index contributed by atoms with van der Waals surface area (Å²) in [7, 11) is -0.410. The molecule has 2 aromatic heterocycles. The van der Waals surface area contributed by atoms with Gasteiger partial charge in [0.05, 0.1) is 21.6 Å². The van der Waals surface area contributed by atoms with E-state index in [-0.39, 0.29) is 4.90 Å². The lowest BCUT2D eigenvalue weighted by molar-refractivity contribution is 0.369. The Hall–Kier alpha value is -1.84. The first kappa shape index (κ1) is 21.4. The predicted molar refractivity (Wildman–Crippen MR) is 118 cm³/mol. The van der Waals surface area contributed by atoms with Gasteiger partial charge in [0.25, 0.3) is 0 Å². The summed E-state index contributed by atoms with van der Waals surface area (Å²) in [5.74, 6) is 1.74. The van der Waals surface area contributed by atoms with E-state index < -0.39 is 10.0 Å². The number of thioether (sulfide) groups is 1. The maximum absolute atomic E-state index is 12.5. The number of aromatic nitrogens is 3. The van der Waals surface area contributed by atoms with Crippen LogP contribution in [-0.2, 0) is 35.2 Å². The maximum atomic E-state index is 12.5. The fourth-order valence-corrected chi connectivity index (χ4v) is 5.72. The zero-order valence-corrected chi connectivity index (χ0v) is 19.4. The minimum atomic E-state index is -3.49. The van der Waals surface area contributed by atoms with Crippen LogP contribution in [0.1, 0.15) is 49.6 Å². The summed E-state index contributed by atoms with van der Waals surface area (Å²) < 4.78 is 34.0. The fraction of sp³-hybridized carbons (Fsp3) is 0.524. The molecule has 1 aliphatic carbocycles. The molecule has 7 nitrogen and oxygen atoms in total. The Kier molecular flexibility index (Phi) is 6.22. The van der Waals surface area contributed by atoms with Crippen molar-refractivity contribution in [3.8, 4) is 0 Å². The Balaban J connectivity index is 1.66. The number of fused-ring (bicyclic) bond motifs is 2. The molecule has 0 fully saturated rings. The van der Waals surface area contributed by atoms with Gasteiger partial charge in [-0.1, -0.05) is 30.3 Å². The van der Waals surface area contributed by atoms with Crippen LogP contribution in [0.3, 0.4) is 0 Å². The van der Waals surface area contributed by atoms with Crippen molar-refractivity contribution in [2.45, 2.75) is 67.8 Å². The van der Waals surface area contributed by atoms with E-state index in [4.69, 9.17) is 9.51 Å². The highest BCUT2D eigenvalue weighted by Crippen LogP contribution is 2.32. The van der Waals surface area contributed by atoms with Crippen molar-refractivity contribution in [2.24, 2.45) is 0 Å². The number of rotatable bonds is 8. The van der Waals surface area contributed by atoms with Crippen molar-refractivity contribution in [1.82, 2.24) is 19.0 Å². The second kappa shape index (κ2) is 8.72. The van der Waals surface area contributed by atoms with E-state index in [2.05, 4.69) is 16.6 Å². The van der Waals surface area contributed by atoms with Crippen LogP contribution in [0.25, 0.3) is 11.0 Å². The van der Waals surface area contributed by atoms with Gasteiger partial charge in [-0.2, -0.15) is 0 Å². The van der Waals surface area contributed by atoms with Crippen LogP contribution >= 0.6 is 11.8 Å². The molecule has 0 saturated carbocycles. The van der Waals surface area contributed by atoms with Gasteiger partial charge in [0, 0.05) is 38.4 Å². The molecule has 0 unspecified atom stereocenters. The zero-order chi connectivity index (χ0) is 21.3. The van der Waals surface area contributed by atoms with Gasteiger partial charge in [-0.05, 0) is 43.9 Å². The van der Waals surface area contributed by atoms with Crippen molar-refractivity contribution in [3.05, 3.63) is 35.2 Å². The van der Waals surface area contributed by atoms with Crippen LogP contribution in [0.2, 0.25) is 0 Å². The Morgan fingerprint density at radius 2 is 2.03 bits per heavy atom. The third-order valence-corrected chi connectivity index (χ3v) is 8.37. The van der Waals surface area contributed by atoms with Crippen molar-refractivity contribution in [2.75, 3.05) is 14.1 Å². The lowest BCUT2D eigenvalue weighted by atomic mass is 9.97. The number of benzene rings is 1. The summed E-state index contributed by atoms with van der Waals surface area (Å²) in [5.41, 5.74) is 3.95. The molecule has 0 amide bonds. The van der Waals surface area contributed by atoms with Crippen molar-refractivity contribution < 1.29 is 12.9 Å². The van der Waals surface area contributed by atoms with Gasteiger partial charge < -0.3 is 9.09 Å². The molecule has 2 heterocycles. The van der Waals surface area contributed by atoms with Gasteiger partial charge in [-0.3, -0.25) is 0 Å². The first-order valence-electron chi connectivity index (χ1n) is 10.4. The average molecular weight is 449 g/mol. The summed E-state index contributed by atoms with van der Waals surface area (Å²) in [5, 5.41) is 5.20. The molecule has 1 aliphatic rings. The molecule has 4 rings (SSSR count). The van der Waals surface area contributed by atoms with Crippen molar-refractivity contribution >= 4 is 32.8 Å². The highest BCUT2D eigenvalue weighted by Gasteiger charge is 2.22. The first-order valence-corrected chi connectivity index (χ1v) is 12.9. The number of sulfonamides is 1. The van der Waals surface area contributed by atoms with E-state index in [1.54, 1.807) is 38.0 Å². The highest BCUT2D eigenvalue weighted by molar-refractivity contribution is 7.98. The van der Waals surface area contributed by atoms with Gasteiger partial charge >= 0.3 is 0 Å². The molecule has 0 atom stereocenters. The maximum Gasteiger partial charge on any atom is 0.242 e. The minimum absolute atomic E-state index is 0.266. The SMILES string of the molecule is CCCCn1c(SCc2noc3c2CCCC3)nc2cc(S(=O)(=O)N(C)C)ccc21. The van der Waals surface area contributed by atoms with Gasteiger partial charge in [0.15, 0.2) is 5.16 Å². The Labute approximate surface area is 181 Å². The van der Waals surface area contributed by atoms with Crippen molar-refractivity contribution in [1.29, 1.82) is 0 Å². The zero-order valence-electron chi connectivity index (χ0n) is 17.7. The van der Waals surface area contributed by atoms with E-state index in [1.165, 1.54) is 22.7 Å². The Bertz CT molecular complexity index is 1150. The average Bonchev–Trinajstić information content (AvgIpc) is 3.31. The third kappa shape index (κ3) is 4.02. The van der Waals surface area contributed by atoms with Crippen LogP contribution < -0.4 is 0 Å². The summed E-state index contributed by atoms with van der Waals surface area (Å²) in [6.07, 6.45) is 6.48. The van der Waals surface area contributed by atoms with Crippen LogP contribution in [-0.4, -0.2) is 41.5 Å². The molecular formula is C21H28N4O3S2. The van der Waals surface area contributed by atoms with Crippen LogP contribution in [0, 0.1) is 0 Å². The summed E-state index contributed by atoms with van der Waals surface area (Å²) in [4.78, 5) is 5.06. The van der Waals surface area contributed by atoms with Gasteiger partial charge in [-0.25, -0.2) is 17.7 Å². The standard InChI is InChI=1S/C21H28N4O3S2/c1-4-5-12-25-19-11-10-15(30(26,27)24(2)3)13-17(19)22-21(25)29-14-18-16-8-6-7-9-20(16)28-23-18/h10-11,13H,4-9,12,14H2,1-3H3. The fourth-order valence-electron chi connectivity index (χ4n) is 3.80. The van der Waals surface area contributed by atoms with Crippen LogP contribution in [0.4, 0.5) is 0 Å². The number of nitrogens with zero attached hydrogens (tertiary/aromatic N) is 4. The smallest absolute Gasteiger partial charge is 0.242 e. The quantitative estimate of drug-likeness (QED) is 0.479. The lowest BCUT2D eigenvalue weighted by Gasteiger charge is -2.11. The number of hydrogen-bond donors (Lipinski definition) is 0. The van der Waals surface area contributed by atoms with Crippen LogP contribution in [0.15, 0.2) is 32.8 Å². The van der Waals surface area contributed by atoms with Crippen molar-refractivity contribution in [3.63, 3.8) is 0 Å². The lowest BCUT2D eigenvalue weighted by Crippen LogP contribution is -2.22. The number of imidazole rings is 1. The van der Waals surface area contributed by atoms with Gasteiger partial charge in [0.1, 0.15) is 5.76 Å². The molecule has 9 heteroatoms. The predicted octanol–water partition coefficient (Wildman–Crippen LogP) is 4.25. The second-order valence-electron chi connectivity index (χ2n) is 7.86. The summed E-state index contributed by atoms with van der Waals surface area (Å²) in [6, 6.07) is 5.22. The number of aryl methyl sites for hydroxylation is 2. The number of unbranched alkanes of at least 4 members (excludes halogenated alkanes) is 1. The summed E-state index contributed by atoms with van der Waals surface area (Å²) >= 11 is 1.64. The molecule has 0 N–H and O–H groups in total. The first-order chi connectivity index (χ1) is 14.4. The Morgan fingerprint density at radius 1 is 1.23 bits per heavy atom. The normalized spacial score (nSPS) is 14.5. The molecule has 0 bridgehead atoms. The largest absolute Gasteiger partial charge is 0.361 e. The number of hydrogen-bond acceptors (Lipinski definition) is 6. The molecule has 0 radical (unpaired) electrons. The monoisotopic (exact) mass is 448 g/mol. The molecule has 3 aromatic rings. The molecule has 0 spiro atoms. The topological polar surface area (TPSA) is 81.2 Å². The molecular weight excluding hydrogens is 420 g/mol. The van der Waals surface area contributed by atoms with Crippen LogP contribution in [0.5, 0.6) is 0 Å². The van der Waals surface area contributed by atoms with E-state index in [0.29, 0.717) is 11.3 Å². The van der Waals surface area contributed by atoms with Gasteiger partial charge in [0.2, 0.25) is 10.0 Å². The van der Waals surface area contributed by atoms with E-state index in [9.17, 15) is 8.42 Å². The molecule has 1 aromatic carbocycles.